The van der Waals surface area contributed by atoms with Gasteiger partial charge < -0.3 is 20.9 Å². The van der Waals surface area contributed by atoms with Crippen LogP contribution in [0.1, 0.15) is 30.0 Å². The van der Waals surface area contributed by atoms with Gasteiger partial charge in [0.2, 0.25) is 5.91 Å². The SMILES string of the molecule is CN(Cc1ccccc1)C(=O)N1CCC(C(=O)NCC(N)c2ccccc2)CC1.Cl. The van der Waals surface area contributed by atoms with Gasteiger partial charge in [-0.1, -0.05) is 60.7 Å². The highest BCUT2D eigenvalue weighted by Crippen LogP contribution is 2.19. The molecule has 6 nitrogen and oxygen atoms in total. The van der Waals surface area contributed by atoms with Gasteiger partial charge in [0.1, 0.15) is 0 Å². The Balaban J connectivity index is 0.00000320. The van der Waals surface area contributed by atoms with Crippen LogP contribution >= 0.6 is 12.4 Å². The van der Waals surface area contributed by atoms with Crippen LogP contribution in [0.5, 0.6) is 0 Å². The first-order chi connectivity index (χ1) is 14.0. The van der Waals surface area contributed by atoms with E-state index >= 15 is 0 Å². The van der Waals surface area contributed by atoms with Crippen molar-refractivity contribution in [2.45, 2.75) is 25.4 Å². The van der Waals surface area contributed by atoms with E-state index in [-0.39, 0.29) is 36.3 Å². The Labute approximate surface area is 184 Å². The number of amides is 3. The highest BCUT2D eigenvalue weighted by molar-refractivity contribution is 5.85. The zero-order chi connectivity index (χ0) is 20.6. The quantitative estimate of drug-likeness (QED) is 0.738. The summed E-state index contributed by atoms with van der Waals surface area (Å²) in [6, 6.07) is 19.5. The van der Waals surface area contributed by atoms with Gasteiger partial charge in [0.05, 0.1) is 0 Å². The first-order valence-corrected chi connectivity index (χ1v) is 10.2. The van der Waals surface area contributed by atoms with Crippen molar-refractivity contribution in [3.8, 4) is 0 Å². The summed E-state index contributed by atoms with van der Waals surface area (Å²) < 4.78 is 0. The van der Waals surface area contributed by atoms with E-state index in [1.165, 1.54) is 0 Å². The maximum Gasteiger partial charge on any atom is 0.320 e. The van der Waals surface area contributed by atoms with Crippen molar-refractivity contribution in [3.05, 3.63) is 71.8 Å². The number of benzene rings is 2. The van der Waals surface area contributed by atoms with Crippen molar-refractivity contribution in [1.29, 1.82) is 0 Å². The average molecular weight is 431 g/mol. The predicted octanol–water partition coefficient (Wildman–Crippen LogP) is 3.19. The van der Waals surface area contributed by atoms with Crippen molar-refractivity contribution in [2.24, 2.45) is 11.7 Å². The third-order valence-electron chi connectivity index (χ3n) is 5.45. The van der Waals surface area contributed by atoms with Crippen LogP contribution in [0.3, 0.4) is 0 Å². The molecule has 2 aromatic carbocycles. The number of carbonyl (C=O) groups is 2. The van der Waals surface area contributed by atoms with E-state index in [9.17, 15) is 9.59 Å². The standard InChI is InChI=1S/C23H30N4O2.ClH/c1-26(17-18-8-4-2-5-9-18)23(29)27-14-12-20(13-15-27)22(28)25-16-21(24)19-10-6-3-7-11-19;/h2-11,20-21H,12-17,24H2,1H3,(H,25,28);1H. The zero-order valence-electron chi connectivity index (χ0n) is 17.4. The number of hydrogen-bond acceptors (Lipinski definition) is 3. The van der Waals surface area contributed by atoms with Crippen LogP contribution in [-0.2, 0) is 11.3 Å². The van der Waals surface area contributed by atoms with E-state index in [0.29, 0.717) is 39.0 Å². The fourth-order valence-electron chi connectivity index (χ4n) is 3.67. The number of hydrogen-bond donors (Lipinski definition) is 2. The second kappa shape index (κ2) is 11.6. The fraction of sp³-hybridized carbons (Fsp3) is 0.391. The number of nitrogens with one attached hydrogen (secondary N) is 1. The molecule has 1 saturated heterocycles. The van der Waals surface area contributed by atoms with Gasteiger partial charge in [0, 0.05) is 45.2 Å². The van der Waals surface area contributed by atoms with Crippen LogP contribution in [0.25, 0.3) is 0 Å². The molecule has 30 heavy (non-hydrogen) atoms. The van der Waals surface area contributed by atoms with Gasteiger partial charge in [-0.05, 0) is 24.0 Å². The third-order valence-corrected chi connectivity index (χ3v) is 5.45. The Morgan fingerprint density at radius 2 is 1.63 bits per heavy atom. The second-order valence-electron chi connectivity index (χ2n) is 7.65. The maximum atomic E-state index is 12.7. The monoisotopic (exact) mass is 430 g/mol. The summed E-state index contributed by atoms with van der Waals surface area (Å²) in [7, 11) is 1.82. The molecule has 162 valence electrons. The Kier molecular flexibility index (Phi) is 9.15. The van der Waals surface area contributed by atoms with E-state index in [2.05, 4.69) is 5.32 Å². The predicted molar refractivity (Wildman–Crippen MR) is 121 cm³/mol. The molecule has 3 rings (SSSR count). The van der Waals surface area contributed by atoms with E-state index in [1.54, 1.807) is 4.90 Å². The molecule has 0 radical (unpaired) electrons. The lowest BCUT2D eigenvalue weighted by atomic mass is 9.96. The van der Waals surface area contributed by atoms with Gasteiger partial charge in [-0.25, -0.2) is 4.79 Å². The Morgan fingerprint density at radius 3 is 2.23 bits per heavy atom. The molecule has 0 aromatic heterocycles. The topological polar surface area (TPSA) is 78.7 Å². The van der Waals surface area contributed by atoms with E-state index in [1.807, 2.05) is 72.6 Å². The van der Waals surface area contributed by atoms with Gasteiger partial charge in [0.15, 0.2) is 0 Å². The molecule has 1 fully saturated rings. The number of likely N-dealkylation sites (tertiary alicyclic amines) is 1. The molecule has 7 heteroatoms. The van der Waals surface area contributed by atoms with Gasteiger partial charge in [0.25, 0.3) is 0 Å². The second-order valence-corrected chi connectivity index (χ2v) is 7.65. The minimum Gasteiger partial charge on any atom is -0.354 e. The number of piperidine rings is 1. The molecule has 1 aliphatic heterocycles. The van der Waals surface area contributed by atoms with Crippen molar-refractivity contribution in [2.75, 3.05) is 26.7 Å². The van der Waals surface area contributed by atoms with Gasteiger partial charge in [-0.15, -0.1) is 12.4 Å². The molecule has 1 aliphatic rings. The number of carbonyl (C=O) groups excluding carboxylic acids is 2. The summed E-state index contributed by atoms with van der Waals surface area (Å²) in [5, 5.41) is 2.97. The molecule has 1 unspecified atom stereocenters. The maximum absolute atomic E-state index is 12.7. The molecule has 3 amide bonds. The molecule has 1 atom stereocenters. The molecule has 3 N–H and O–H groups in total. The lowest BCUT2D eigenvalue weighted by Crippen LogP contribution is -2.47. The fourth-order valence-corrected chi connectivity index (χ4v) is 3.67. The average Bonchev–Trinajstić information content (AvgIpc) is 2.78. The number of nitrogens with zero attached hydrogens (tertiary/aromatic N) is 2. The van der Waals surface area contributed by atoms with Gasteiger partial charge >= 0.3 is 6.03 Å². The minimum absolute atomic E-state index is 0. The van der Waals surface area contributed by atoms with Crippen LogP contribution in [0.4, 0.5) is 4.79 Å². The molecule has 0 aliphatic carbocycles. The lowest BCUT2D eigenvalue weighted by Gasteiger charge is -2.34. The number of urea groups is 1. The van der Waals surface area contributed by atoms with E-state index < -0.39 is 0 Å². The molecule has 0 spiro atoms. The third kappa shape index (κ3) is 6.47. The van der Waals surface area contributed by atoms with E-state index in [4.69, 9.17) is 5.73 Å². The zero-order valence-corrected chi connectivity index (χ0v) is 18.2. The number of nitrogens with two attached hydrogens (primary N) is 1. The molecule has 1 heterocycles. The number of rotatable bonds is 6. The summed E-state index contributed by atoms with van der Waals surface area (Å²) in [5.74, 6) is -0.0393. The van der Waals surface area contributed by atoms with Crippen molar-refractivity contribution in [1.82, 2.24) is 15.1 Å². The largest absolute Gasteiger partial charge is 0.354 e. The molecular formula is C23H31ClN4O2. The Morgan fingerprint density at radius 1 is 1.07 bits per heavy atom. The summed E-state index contributed by atoms with van der Waals surface area (Å²) >= 11 is 0. The minimum atomic E-state index is -0.214. The molecule has 0 bridgehead atoms. The van der Waals surface area contributed by atoms with Gasteiger partial charge in [-0.3, -0.25) is 4.79 Å². The normalized spacial score (nSPS) is 15.1. The lowest BCUT2D eigenvalue weighted by molar-refractivity contribution is -0.126. The highest BCUT2D eigenvalue weighted by Gasteiger charge is 2.28. The molecule has 0 saturated carbocycles. The summed E-state index contributed by atoms with van der Waals surface area (Å²) in [5.41, 5.74) is 8.27. The smallest absolute Gasteiger partial charge is 0.320 e. The van der Waals surface area contributed by atoms with E-state index in [0.717, 1.165) is 11.1 Å². The molecule has 2 aromatic rings. The Hall–Kier alpha value is -2.57. The van der Waals surface area contributed by atoms with Crippen LogP contribution in [0, 0.1) is 5.92 Å². The van der Waals surface area contributed by atoms with Gasteiger partial charge in [-0.2, -0.15) is 0 Å². The summed E-state index contributed by atoms with van der Waals surface area (Å²) in [6.45, 7) is 2.20. The first-order valence-electron chi connectivity index (χ1n) is 10.2. The van der Waals surface area contributed by atoms with Crippen molar-refractivity contribution < 1.29 is 9.59 Å². The number of halogens is 1. The van der Waals surface area contributed by atoms with Crippen LogP contribution < -0.4 is 11.1 Å². The van der Waals surface area contributed by atoms with Crippen LogP contribution in [0.15, 0.2) is 60.7 Å². The van der Waals surface area contributed by atoms with Crippen molar-refractivity contribution >= 4 is 24.3 Å². The Bertz CT molecular complexity index is 795. The van der Waals surface area contributed by atoms with Crippen molar-refractivity contribution in [3.63, 3.8) is 0 Å². The van der Waals surface area contributed by atoms with Crippen LogP contribution in [0.2, 0.25) is 0 Å². The first kappa shape index (κ1) is 23.7. The summed E-state index contributed by atoms with van der Waals surface area (Å²) in [6.07, 6.45) is 1.36. The summed E-state index contributed by atoms with van der Waals surface area (Å²) in [4.78, 5) is 28.8. The highest BCUT2D eigenvalue weighted by atomic mass is 35.5. The molecular weight excluding hydrogens is 400 g/mol. The van der Waals surface area contributed by atoms with Crippen LogP contribution in [-0.4, -0.2) is 48.4 Å².